The van der Waals surface area contributed by atoms with Crippen LogP contribution in [0.2, 0.25) is 0 Å². The molecule has 0 bridgehead atoms. The molecule has 0 spiro atoms. The number of benzene rings is 2. The van der Waals surface area contributed by atoms with Crippen molar-refractivity contribution in [2.45, 2.75) is 0 Å². The third kappa shape index (κ3) is 4.78. The maximum atomic E-state index is 12.3. The zero-order valence-electron chi connectivity index (χ0n) is 14.8. The fraction of sp³-hybridized carbons (Fsp3) is 0.222. The summed E-state index contributed by atoms with van der Waals surface area (Å²) in [6.45, 7) is 0. The molecule has 0 aliphatic carbocycles. The van der Waals surface area contributed by atoms with E-state index in [0.29, 0.717) is 28.6 Å². The normalized spacial score (nSPS) is 10.5. The van der Waals surface area contributed by atoms with Crippen LogP contribution in [0.1, 0.15) is 15.9 Å². The van der Waals surface area contributed by atoms with E-state index < -0.39 is 0 Å². The van der Waals surface area contributed by atoms with Crippen molar-refractivity contribution < 1.29 is 23.7 Å². The topological polar surface area (TPSA) is 78.4 Å². The Morgan fingerprint density at radius 2 is 1.62 bits per heavy atom. The van der Waals surface area contributed by atoms with E-state index in [1.165, 1.54) is 20.4 Å². The van der Waals surface area contributed by atoms with Gasteiger partial charge < -0.3 is 18.9 Å². The Hall–Kier alpha value is -2.49. The molecule has 0 atom stereocenters. The third-order valence-corrected chi connectivity index (χ3v) is 4.25. The van der Waals surface area contributed by atoms with Crippen molar-refractivity contribution in [3.05, 3.63) is 45.0 Å². The molecule has 0 aliphatic heterocycles. The predicted octanol–water partition coefficient (Wildman–Crippen LogP) is 3.09. The van der Waals surface area contributed by atoms with Gasteiger partial charge in [-0.05, 0) is 52.4 Å². The van der Waals surface area contributed by atoms with Gasteiger partial charge in [0.2, 0.25) is 0 Å². The van der Waals surface area contributed by atoms with E-state index in [2.05, 4.69) is 33.1 Å². The SMILES string of the molecule is COc1cc(OC)cc(C(=O)N/N=C\c2cc(I)c(OC)c(OC)c2)c1. The predicted molar refractivity (Wildman–Crippen MR) is 107 cm³/mol. The monoisotopic (exact) mass is 470 g/mol. The highest BCUT2D eigenvalue weighted by Crippen LogP contribution is 2.33. The van der Waals surface area contributed by atoms with Gasteiger partial charge in [0.1, 0.15) is 11.5 Å². The smallest absolute Gasteiger partial charge is 0.271 e. The minimum atomic E-state index is -0.381. The minimum absolute atomic E-state index is 0.375. The van der Waals surface area contributed by atoms with Gasteiger partial charge in [-0.1, -0.05) is 0 Å². The lowest BCUT2D eigenvalue weighted by Crippen LogP contribution is -2.17. The minimum Gasteiger partial charge on any atom is -0.497 e. The molecule has 26 heavy (non-hydrogen) atoms. The Bertz CT molecular complexity index is 801. The molecule has 1 N–H and O–H groups in total. The van der Waals surface area contributed by atoms with Crippen LogP contribution in [-0.4, -0.2) is 40.6 Å². The van der Waals surface area contributed by atoms with Gasteiger partial charge in [-0.25, -0.2) is 5.43 Å². The number of nitrogens with zero attached hydrogens (tertiary/aromatic N) is 1. The Labute approximate surface area is 165 Å². The third-order valence-electron chi connectivity index (χ3n) is 3.45. The van der Waals surface area contributed by atoms with Crippen LogP contribution in [0, 0.1) is 3.57 Å². The van der Waals surface area contributed by atoms with Crippen LogP contribution in [0.4, 0.5) is 0 Å². The first-order chi connectivity index (χ1) is 12.5. The van der Waals surface area contributed by atoms with Gasteiger partial charge in [-0.15, -0.1) is 0 Å². The van der Waals surface area contributed by atoms with Crippen molar-refractivity contribution in [3.63, 3.8) is 0 Å². The summed E-state index contributed by atoms with van der Waals surface area (Å²) in [6.07, 6.45) is 1.53. The molecule has 0 aromatic heterocycles. The van der Waals surface area contributed by atoms with E-state index in [1.54, 1.807) is 38.5 Å². The molecule has 0 aliphatic rings. The second-order valence-electron chi connectivity index (χ2n) is 5.04. The number of methoxy groups -OCH3 is 4. The van der Waals surface area contributed by atoms with E-state index in [0.717, 1.165) is 9.13 Å². The number of carbonyl (C=O) groups is 1. The summed E-state index contributed by atoms with van der Waals surface area (Å²) >= 11 is 2.14. The summed E-state index contributed by atoms with van der Waals surface area (Å²) < 4.78 is 21.8. The lowest BCUT2D eigenvalue weighted by atomic mass is 10.2. The highest BCUT2D eigenvalue weighted by Gasteiger charge is 2.11. The molecular weight excluding hydrogens is 451 g/mol. The molecule has 0 saturated carbocycles. The summed E-state index contributed by atoms with van der Waals surface area (Å²) in [5.41, 5.74) is 3.62. The summed E-state index contributed by atoms with van der Waals surface area (Å²) in [5.74, 6) is 1.90. The molecule has 0 heterocycles. The van der Waals surface area contributed by atoms with E-state index in [9.17, 15) is 4.79 Å². The van der Waals surface area contributed by atoms with Crippen molar-refractivity contribution in [2.24, 2.45) is 5.10 Å². The van der Waals surface area contributed by atoms with Crippen molar-refractivity contribution in [2.75, 3.05) is 28.4 Å². The van der Waals surface area contributed by atoms with Crippen LogP contribution in [-0.2, 0) is 0 Å². The van der Waals surface area contributed by atoms with Gasteiger partial charge in [-0.3, -0.25) is 4.79 Å². The molecule has 2 aromatic carbocycles. The number of hydrogen-bond donors (Lipinski definition) is 1. The van der Waals surface area contributed by atoms with Crippen LogP contribution < -0.4 is 24.4 Å². The van der Waals surface area contributed by atoms with E-state index in [-0.39, 0.29) is 5.91 Å². The van der Waals surface area contributed by atoms with Crippen LogP contribution >= 0.6 is 22.6 Å². The molecular formula is C18H19IN2O5. The molecule has 2 rings (SSSR count). The van der Waals surface area contributed by atoms with Crippen molar-refractivity contribution in [3.8, 4) is 23.0 Å². The van der Waals surface area contributed by atoms with E-state index in [1.807, 2.05) is 6.07 Å². The second kappa shape index (κ2) is 9.27. The first kappa shape index (κ1) is 19.8. The molecule has 2 aromatic rings. The van der Waals surface area contributed by atoms with E-state index >= 15 is 0 Å². The Morgan fingerprint density at radius 3 is 2.15 bits per heavy atom. The quantitative estimate of drug-likeness (QED) is 0.383. The number of rotatable bonds is 7. The Morgan fingerprint density at radius 1 is 0.962 bits per heavy atom. The maximum Gasteiger partial charge on any atom is 0.271 e. The highest BCUT2D eigenvalue weighted by atomic mass is 127. The van der Waals surface area contributed by atoms with Gasteiger partial charge in [0.25, 0.3) is 5.91 Å². The molecule has 0 unspecified atom stereocenters. The molecule has 8 heteroatoms. The second-order valence-corrected chi connectivity index (χ2v) is 6.20. The highest BCUT2D eigenvalue weighted by molar-refractivity contribution is 14.1. The summed E-state index contributed by atoms with van der Waals surface area (Å²) in [5, 5.41) is 4.00. The fourth-order valence-corrected chi connectivity index (χ4v) is 3.03. The van der Waals surface area contributed by atoms with Gasteiger partial charge in [-0.2, -0.15) is 5.10 Å². The molecule has 1 amide bonds. The number of halogens is 1. The lowest BCUT2D eigenvalue weighted by Gasteiger charge is -2.10. The van der Waals surface area contributed by atoms with Crippen LogP contribution in [0.25, 0.3) is 0 Å². The number of hydrogen-bond acceptors (Lipinski definition) is 6. The number of nitrogens with one attached hydrogen (secondary N) is 1. The first-order valence-electron chi connectivity index (χ1n) is 7.50. The van der Waals surface area contributed by atoms with Crippen molar-refractivity contribution in [1.29, 1.82) is 0 Å². The number of ether oxygens (including phenoxy) is 4. The number of carbonyl (C=O) groups excluding carboxylic acids is 1. The zero-order chi connectivity index (χ0) is 19.1. The summed E-state index contributed by atoms with van der Waals surface area (Å²) in [4.78, 5) is 12.3. The van der Waals surface area contributed by atoms with Gasteiger partial charge in [0.15, 0.2) is 11.5 Å². The van der Waals surface area contributed by atoms with Crippen LogP contribution in [0.15, 0.2) is 35.4 Å². The fourth-order valence-electron chi connectivity index (χ4n) is 2.18. The van der Waals surface area contributed by atoms with Gasteiger partial charge >= 0.3 is 0 Å². The molecule has 138 valence electrons. The average Bonchev–Trinajstić information content (AvgIpc) is 2.66. The standard InChI is InChI=1S/C18H19IN2O5/c1-23-13-7-12(8-14(9-13)24-2)18(22)21-20-10-11-5-15(19)17(26-4)16(6-11)25-3/h5-10H,1-4H3,(H,21,22)/b20-10-. The average molecular weight is 470 g/mol. The van der Waals surface area contributed by atoms with Crippen molar-refractivity contribution >= 4 is 34.7 Å². The molecule has 7 nitrogen and oxygen atoms in total. The number of amides is 1. The first-order valence-corrected chi connectivity index (χ1v) is 8.58. The van der Waals surface area contributed by atoms with E-state index in [4.69, 9.17) is 18.9 Å². The molecule has 0 radical (unpaired) electrons. The van der Waals surface area contributed by atoms with Crippen LogP contribution in [0.5, 0.6) is 23.0 Å². The van der Waals surface area contributed by atoms with Gasteiger partial charge in [0, 0.05) is 11.6 Å². The van der Waals surface area contributed by atoms with Crippen molar-refractivity contribution in [1.82, 2.24) is 5.43 Å². The molecule has 0 saturated heterocycles. The summed E-state index contributed by atoms with van der Waals surface area (Å²) in [7, 11) is 6.18. The maximum absolute atomic E-state index is 12.3. The Kier molecular flexibility index (Phi) is 7.07. The summed E-state index contributed by atoms with van der Waals surface area (Å²) in [6, 6.07) is 8.53. The zero-order valence-corrected chi connectivity index (χ0v) is 17.0. The Balaban J connectivity index is 2.16. The lowest BCUT2D eigenvalue weighted by molar-refractivity contribution is 0.0954. The number of hydrazone groups is 1. The largest absolute Gasteiger partial charge is 0.497 e. The van der Waals surface area contributed by atoms with Crippen LogP contribution in [0.3, 0.4) is 0 Å². The van der Waals surface area contributed by atoms with Gasteiger partial charge in [0.05, 0.1) is 38.2 Å². The molecule has 0 fully saturated rings.